The van der Waals surface area contributed by atoms with Gasteiger partial charge in [0.1, 0.15) is 0 Å². The first-order chi connectivity index (χ1) is 7.42. The Hall–Kier alpha value is -0.540. The van der Waals surface area contributed by atoms with E-state index < -0.39 is 0 Å². The van der Waals surface area contributed by atoms with Gasteiger partial charge in [-0.3, -0.25) is 0 Å². The quantitative estimate of drug-likeness (QED) is 0.914. The van der Waals surface area contributed by atoms with Crippen molar-refractivity contribution in [2.45, 2.75) is 39.3 Å². The van der Waals surface area contributed by atoms with E-state index in [0.29, 0.717) is 0 Å². The molecule has 0 amide bonds. The number of benzene rings is 1. The SMILES string of the molecule is CCC(C)(C)N(C)c1ccc(CO)cc1Br. The molecule has 0 fully saturated rings. The minimum atomic E-state index is 0.0831. The zero-order chi connectivity index (χ0) is 12.3. The Morgan fingerprint density at radius 2 is 2.00 bits per heavy atom. The van der Waals surface area contributed by atoms with Crippen LogP contribution in [0, 0.1) is 0 Å². The third-order valence-corrected chi connectivity index (χ3v) is 3.96. The van der Waals surface area contributed by atoms with Gasteiger partial charge >= 0.3 is 0 Å². The number of aliphatic hydroxyl groups is 1. The zero-order valence-corrected chi connectivity index (χ0v) is 12.0. The first-order valence-corrected chi connectivity index (χ1v) is 6.34. The van der Waals surface area contributed by atoms with Crippen molar-refractivity contribution in [1.29, 1.82) is 0 Å². The lowest BCUT2D eigenvalue weighted by atomic mass is 9.99. The Labute approximate surface area is 106 Å². The monoisotopic (exact) mass is 285 g/mol. The number of rotatable bonds is 4. The average Bonchev–Trinajstić information content (AvgIpc) is 2.28. The van der Waals surface area contributed by atoms with E-state index in [2.05, 4.69) is 48.6 Å². The molecule has 0 aliphatic rings. The zero-order valence-electron chi connectivity index (χ0n) is 10.4. The van der Waals surface area contributed by atoms with Crippen molar-refractivity contribution >= 4 is 21.6 Å². The van der Waals surface area contributed by atoms with Crippen molar-refractivity contribution in [3.8, 4) is 0 Å². The van der Waals surface area contributed by atoms with Crippen LogP contribution in [0.15, 0.2) is 22.7 Å². The van der Waals surface area contributed by atoms with Crippen molar-refractivity contribution < 1.29 is 5.11 Å². The second-order valence-corrected chi connectivity index (χ2v) is 5.52. The lowest BCUT2D eigenvalue weighted by molar-refractivity contribution is 0.282. The summed E-state index contributed by atoms with van der Waals surface area (Å²) in [6.45, 7) is 6.71. The van der Waals surface area contributed by atoms with Gasteiger partial charge < -0.3 is 10.0 Å². The minimum Gasteiger partial charge on any atom is -0.392 e. The minimum absolute atomic E-state index is 0.0831. The molecule has 0 aliphatic carbocycles. The van der Waals surface area contributed by atoms with Crippen LogP contribution >= 0.6 is 15.9 Å². The second-order valence-electron chi connectivity index (χ2n) is 4.67. The van der Waals surface area contributed by atoms with E-state index in [4.69, 9.17) is 5.11 Å². The standard InChI is InChI=1S/C13H20BrNO/c1-5-13(2,3)15(4)12-7-6-10(9-16)8-11(12)14/h6-8,16H,5,9H2,1-4H3. The third-order valence-electron chi connectivity index (χ3n) is 3.33. The van der Waals surface area contributed by atoms with Crippen molar-refractivity contribution in [3.05, 3.63) is 28.2 Å². The molecular formula is C13H20BrNO. The van der Waals surface area contributed by atoms with Crippen LogP contribution in [0.3, 0.4) is 0 Å². The van der Waals surface area contributed by atoms with Gasteiger partial charge in [-0.1, -0.05) is 13.0 Å². The molecule has 0 saturated heterocycles. The molecule has 0 heterocycles. The van der Waals surface area contributed by atoms with E-state index >= 15 is 0 Å². The van der Waals surface area contributed by atoms with Crippen molar-refractivity contribution in [2.24, 2.45) is 0 Å². The van der Waals surface area contributed by atoms with Crippen LogP contribution < -0.4 is 4.90 Å². The Morgan fingerprint density at radius 1 is 1.38 bits per heavy atom. The van der Waals surface area contributed by atoms with Crippen molar-refractivity contribution in [2.75, 3.05) is 11.9 Å². The molecule has 0 unspecified atom stereocenters. The van der Waals surface area contributed by atoms with Gasteiger partial charge in [0.25, 0.3) is 0 Å². The molecule has 0 spiro atoms. The fraction of sp³-hybridized carbons (Fsp3) is 0.538. The summed E-state index contributed by atoms with van der Waals surface area (Å²) >= 11 is 3.56. The summed E-state index contributed by atoms with van der Waals surface area (Å²) in [5, 5.41) is 9.06. The lowest BCUT2D eigenvalue weighted by Crippen LogP contribution is -2.40. The van der Waals surface area contributed by atoms with Gasteiger partial charge in [0, 0.05) is 17.1 Å². The second kappa shape index (κ2) is 5.19. The maximum atomic E-state index is 9.06. The molecule has 1 aromatic carbocycles. The molecule has 0 atom stereocenters. The molecule has 1 rings (SSSR count). The number of hydrogen-bond donors (Lipinski definition) is 1. The van der Waals surface area contributed by atoms with Crippen LogP contribution in [0.5, 0.6) is 0 Å². The maximum Gasteiger partial charge on any atom is 0.0682 e. The first-order valence-electron chi connectivity index (χ1n) is 5.55. The van der Waals surface area contributed by atoms with E-state index in [0.717, 1.165) is 22.1 Å². The largest absolute Gasteiger partial charge is 0.392 e. The smallest absolute Gasteiger partial charge is 0.0682 e. The Balaban J connectivity index is 3.05. The molecule has 0 aliphatic heterocycles. The van der Waals surface area contributed by atoms with Gasteiger partial charge in [0.05, 0.1) is 12.3 Å². The number of nitrogens with zero attached hydrogens (tertiary/aromatic N) is 1. The van der Waals surface area contributed by atoms with Crippen LogP contribution in [-0.2, 0) is 6.61 Å². The molecule has 16 heavy (non-hydrogen) atoms. The van der Waals surface area contributed by atoms with Crippen molar-refractivity contribution in [3.63, 3.8) is 0 Å². The highest BCUT2D eigenvalue weighted by Crippen LogP contribution is 2.32. The average molecular weight is 286 g/mol. The summed E-state index contributed by atoms with van der Waals surface area (Å²) in [5.74, 6) is 0. The normalized spacial score (nSPS) is 11.6. The van der Waals surface area contributed by atoms with Crippen molar-refractivity contribution in [1.82, 2.24) is 0 Å². The molecule has 2 nitrogen and oxygen atoms in total. The molecule has 0 aromatic heterocycles. The lowest BCUT2D eigenvalue weighted by Gasteiger charge is -2.37. The van der Waals surface area contributed by atoms with Crippen LogP contribution in [0.1, 0.15) is 32.8 Å². The third kappa shape index (κ3) is 2.77. The number of anilines is 1. The van der Waals surface area contributed by atoms with Crippen LogP contribution in [0.2, 0.25) is 0 Å². The summed E-state index contributed by atoms with van der Waals surface area (Å²) < 4.78 is 1.03. The summed E-state index contributed by atoms with van der Waals surface area (Å²) in [7, 11) is 2.10. The highest BCUT2D eigenvalue weighted by Gasteiger charge is 2.22. The molecule has 0 bridgehead atoms. The highest BCUT2D eigenvalue weighted by atomic mass is 79.9. The van der Waals surface area contributed by atoms with Gasteiger partial charge in [-0.05, 0) is 53.9 Å². The molecule has 1 aromatic rings. The van der Waals surface area contributed by atoms with Gasteiger partial charge in [-0.15, -0.1) is 0 Å². The Morgan fingerprint density at radius 3 is 2.44 bits per heavy atom. The number of halogens is 1. The van der Waals surface area contributed by atoms with E-state index in [1.165, 1.54) is 0 Å². The number of aliphatic hydroxyl groups excluding tert-OH is 1. The molecule has 1 N–H and O–H groups in total. The first kappa shape index (κ1) is 13.5. The molecule has 0 saturated carbocycles. The van der Waals surface area contributed by atoms with Crippen LogP contribution in [0.4, 0.5) is 5.69 Å². The van der Waals surface area contributed by atoms with E-state index in [-0.39, 0.29) is 12.1 Å². The fourth-order valence-electron chi connectivity index (χ4n) is 1.48. The van der Waals surface area contributed by atoms with E-state index in [9.17, 15) is 0 Å². The summed E-state index contributed by atoms with van der Waals surface area (Å²) in [6, 6.07) is 5.98. The predicted octanol–water partition coefficient (Wildman–Crippen LogP) is 3.57. The van der Waals surface area contributed by atoms with E-state index in [1.807, 2.05) is 18.2 Å². The summed E-state index contributed by atoms with van der Waals surface area (Å²) in [4.78, 5) is 2.26. The van der Waals surface area contributed by atoms with Crippen LogP contribution in [-0.4, -0.2) is 17.7 Å². The molecule has 90 valence electrons. The molecular weight excluding hydrogens is 266 g/mol. The van der Waals surface area contributed by atoms with E-state index in [1.54, 1.807) is 0 Å². The molecule has 3 heteroatoms. The Kier molecular flexibility index (Phi) is 4.39. The van der Waals surface area contributed by atoms with Gasteiger partial charge in [0.15, 0.2) is 0 Å². The topological polar surface area (TPSA) is 23.5 Å². The van der Waals surface area contributed by atoms with Gasteiger partial charge in [-0.2, -0.15) is 0 Å². The fourth-order valence-corrected chi connectivity index (χ4v) is 2.18. The maximum absolute atomic E-state index is 9.06. The predicted molar refractivity (Wildman–Crippen MR) is 72.8 cm³/mol. The Bertz CT molecular complexity index is 363. The molecule has 0 radical (unpaired) electrons. The van der Waals surface area contributed by atoms with Gasteiger partial charge in [-0.25, -0.2) is 0 Å². The summed E-state index contributed by atoms with van der Waals surface area (Å²) in [6.07, 6.45) is 1.08. The highest BCUT2D eigenvalue weighted by molar-refractivity contribution is 9.10. The summed E-state index contributed by atoms with van der Waals surface area (Å²) in [5.41, 5.74) is 2.21. The van der Waals surface area contributed by atoms with Crippen LogP contribution in [0.25, 0.3) is 0 Å². The van der Waals surface area contributed by atoms with Gasteiger partial charge in [0.2, 0.25) is 0 Å². The number of hydrogen-bond acceptors (Lipinski definition) is 2.